The topological polar surface area (TPSA) is 50.8 Å². The normalized spacial score (nSPS) is 16.4. The molecule has 0 aliphatic carbocycles. The van der Waals surface area contributed by atoms with Crippen molar-refractivity contribution in [1.82, 2.24) is 0 Å². The Morgan fingerprint density at radius 3 is 2.20 bits per heavy atom. The number of hydrogen-bond donors (Lipinski definition) is 1. The Kier molecular flexibility index (Phi) is 7.21. The van der Waals surface area contributed by atoms with E-state index in [2.05, 4.69) is 56.1 Å². The standard InChI is InChI=1S/C36H38N2O3/c1-5-7-19-38(20-8-6-2)32-23-31(24(3)21-25(32)4)37-26-17-18-34-30(22-26)36(29-15-11-12-16-33(29)40-34)28-14-10-9-13-27(28)35(39)41-36/h9-18,21-23,37H,5-8,19-20H2,1-4H3. The molecule has 2 aliphatic rings. The minimum Gasteiger partial charge on any atom is -0.456 e. The van der Waals surface area contributed by atoms with Crippen LogP contribution in [0.25, 0.3) is 0 Å². The van der Waals surface area contributed by atoms with Crippen molar-refractivity contribution >= 4 is 23.0 Å². The van der Waals surface area contributed by atoms with E-state index in [4.69, 9.17) is 9.47 Å². The van der Waals surface area contributed by atoms with E-state index in [0.29, 0.717) is 17.1 Å². The first-order valence-corrected chi connectivity index (χ1v) is 14.8. The van der Waals surface area contributed by atoms with Gasteiger partial charge in [0.05, 0.1) is 5.56 Å². The molecule has 1 spiro atoms. The van der Waals surface area contributed by atoms with Crippen LogP contribution in [0.5, 0.6) is 11.5 Å². The molecule has 1 atom stereocenters. The zero-order chi connectivity index (χ0) is 28.6. The Bertz CT molecular complexity index is 1600. The molecule has 1 unspecified atom stereocenters. The number of nitrogens with zero attached hydrogens (tertiary/aromatic N) is 1. The highest BCUT2D eigenvalue weighted by Crippen LogP contribution is 2.56. The summed E-state index contributed by atoms with van der Waals surface area (Å²) in [6.45, 7) is 11.0. The van der Waals surface area contributed by atoms with Crippen LogP contribution < -0.4 is 15.0 Å². The largest absolute Gasteiger partial charge is 0.456 e. The third-order valence-corrected chi connectivity index (χ3v) is 8.34. The zero-order valence-electron chi connectivity index (χ0n) is 24.4. The van der Waals surface area contributed by atoms with Crippen LogP contribution in [-0.2, 0) is 10.3 Å². The molecule has 2 heterocycles. The summed E-state index contributed by atoms with van der Waals surface area (Å²) < 4.78 is 12.7. The number of benzene rings is 4. The van der Waals surface area contributed by atoms with Crippen LogP contribution >= 0.6 is 0 Å². The second-order valence-electron chi connectivity index (χ2n) is 11.2. The van der Waals surface area contributed by atoms with Crippen LogP contribution in [0.3, 0.4) is 0 Å². The number of para-hydroxylation sites is 1. The molecule has 5 heteroatoms. The van der Waals surface area contributed by atoms with Crippen molar-refractivity contribution in [2.45, 2.75) is 59.0 Å². The average Bonchev–Trinajstić information content (AvgIpc) is 3.28. The van der Waals surface area contributed by atoms with Gasteiger partial charge in [0.2, 0.25) is 0 Å². The van der Waals surface area contributed by atoms with Crippen molar-refractivity contribution in [3.63, 3.8) is 0 Å². The molecule has 0 saturated heterocycles. The number of aryl methyl sites for hydroxylation is 2. The van der Waals surface area contributed by atoms with Crippen molar-refractivity contribution in [1.29, 1.82) is 0 Å². The van der Waals surface area contributed by atoms with Gasteiger partial charge in [-0.1, -0.05) is 69.2 Å². The van der Waals surface area contributed by atoms with Crippen LogP contribution in [0.4, 0.5) is 17.1 Å². The molecular weight excluding hydrogens is 508 g/mol. The van der Waals surface area contributed by atoms with Crippen molar-refractivity contribution < 1.29 is 14.3 Å². The monoisotopic (exact) mass is 546 g/mol. The molecule has 4 aromatic rings. The van der Waals surface area contributed by atoms with E-state index in [1.165, 1.54) is 42.5 Å². The summed E-state index contributed by atoms with van der Waals surface area (Å²) in [7, 11) is 0. The molecule has 41 heavy (non-hydrogen) atoms. The summed E-state index contributed by atoms with van der Waals surface area (Å²) >= 11 is 0. The molecule has 4 aromatic carbocycles. The fourth-order valence-corrected chi connectivity index (χ4v) is 6.22. The summed E-state index contributed by atoms with van der Waals surface area (Å²) in [5.74, 6) is 1.06. The van der Waals surface area contributed by atoms with Crippen molar-refractivity contribution in [3.05, 3.63) is 112 Å². The fraction of sp³-hybridized carbons (Fsp3) is 0.306. The van der Waals surface area contributed by atoms with Gasteiger partial charge in [-0.25, -0.2) is 4.79 Å². The van der Waals surface area contributed by atoms with Crippen molar-refractivity contribution in [3.8, 4) is 11.5 Å². The third kappa shape index (κ3) is 4.63. The number of ether oxygens (including phenoxy) is 2. The number of esters is 1. The number of nitrogens with one attached hydrogen (secondary N) is 1. The maximum atomic E-state index is 13.2. The van der Waals surface area contributed by atoms with Gasteiger partial charge in [-0.3, -0.25) is 0 Å². The second-order valence-corrected chi connectivity index (χ2v) is 11.2. The Balaban J connectivity index is 1.43. The summed E-state index contributed by atoms with van der Waals surface area (Å²) in [5.41, 5.74) is 7.76. The van der Waals surface area contributed by atoms with Crippen molar-refractivity contribution in [2.75, 3.05) is 23.3 Å². The van der Waals surface area contributed by atoms with E-state index in [9.17, 15) is 4.79 Å². The van der Waals surface area contributed by atoms with E-state index in [0.717, 1.165) is 41.2 Å². The first-order valence-electron chi connectivity index (χ1n) is 14.8. The molecule has 1 N–H and O–H groups in total. The number of rotatable bonds is 9. The van der Waals surface area contributed by atoms with E-state index in [1.54, 1.807) is 0 Å². The maximum Gasteiger partial charge on any atom is 0.340 e. The zero-order valence-corrected chi connectivity index (χ0v) is 24.4. The Morgan fingerprint density at radius 1 is 0.756 bits per heavy atom. The molecule has 0 fully saturated rings. The fourth-order valence-electron chi connectivity index (χ4n) is 6.22. The lowest BCUT2D eigenvalue weighted by Gasteiger charge is -2.36. The van der Waals surface area contributed by atoms with Gasteiger partial charge in [-0.05, 0) is 74.2 Å². The third-order valence-electron chi connectivity index (χ3n) is 8.34. The highest BCUT2D eigenvalue weighted by Gasteiger charge is 2.53. The summed E-state index contributed by atoms with van der Waals surface area (Å²) in [4.78, 5) is 15.7. The van der Waals surface area contributed by atoms with Crippen LogP contribution in [-0.4, -0.2) is 19.1 Å². The number of carbonyl (C=O) groups excluding carboxylic acids is 1. The molecule has 0 bridgehead atoms. The highest BCUT2D eigenvalue weighted by atomic mass is 16.6. The average molecular weight is 547 g/mol. The number of anilines is 3. The Labute approximate surface area is 243 Å². The van der Waals surface area contributed by atoms with Gasteiger partial charge in [0.15, 0.2) is 5.60 Å². The smallest absolute Gasteiger partial charge is 0.340 e. The molecule has 210 valence electrons. The van der Waals surface area contributed by atoms with E-state index >= 15 is 0 Å². The molecular formula is C36H38N2O3. The van der Waals surface area contributed by atoms with Gasteiger partial charge in [0.1, 0.15) is 11.5 Å². The van der Waals surface area contributed by atoms with Gasteiger partial charge in [-0.15, -0.1) is 0 Å². The van der Waals surface area contributed by atoms with Gasteiger partial charge >= 0.3 is 5.97 Å². The van der Waals surface area contributed by atoms with Gasteiger partial charge in [0.25, 0.3) is 0 Å². The van der Waals surface area contributed by atoms with Gasteiger partial charge in [0, 0.05) is 46.8 Å². The van der Waals surface area contributed by atoms with Gasteiger partial charge < -0.3 is 19.7 Å². The summed E-state index contributed by atoms with van der Waals surface area (Å²) in [6.07, 6.45) is 4.70. The van der Waals surface area contributed by atoms with Crippen LogP contribution in [0.2, 0.25) is 0 Å². The lowest BCUT2D eigenvalue weighted by Crippen LogP contribution is -2.33. The Morgan fingerprint density at radius 2 is 1.44 bits per heavy atom. The second kappa shape index (κ2) is 11.0. The van der Waals surface area contributed by atoms with Crippen LogP contribution in [0.15, 0.2) is 78.9 Å². The SMILES string of the molecule is CCCCN(CCCC)c1cc(Nc2ccc3c(c2)C2(OC(=O)c4ccccc42)c2ccccc2O3)c(C)cc1C. The highest BCUT2D eigenvalue weighted by molar-refractivity contribution is 5.97. The lowest BCUT2D eigenvalue weighted by atomic mass is 9.77. The summed E-state index contributed by atoms with van der Waals surface area (Å²) in [6, 6.07) is 26.2. The number of unbranched alkanes of at least 4 members (excludes halogenated alkanes) is 2. The predicted octanol–water partition coefficient (Wildman–Crippen LogP) is 9.02. The number of fused-ring (bicyclic) bond motifs is 6. The molecule has 5 nitrogen and oxygen atoms in total. The first kappa shape index (κ1) is 26.9. The van der Waals surface area contributed by atoms with E-state index in [1.807, 2.05) is 60.7 Å². The summed E-state index contributed by atoms with van der Waals surface area (Å²) in [5, 5.41) is 3.70. The predicted molar refractivity (Wildman–Crippen MR) is 166 cm³/mol. The van der Waals surface area contributed by atoms with Crippen molar-refractivity contribution in [2.24, 2.45) is 0 Å². The maximum absolute atomic E-state index is 13.2. The van der Waals surface area contributed by atoms with E-state index < -0.39 is 5.60 Å². The van der Waals surface area contributed by atoms with Gasteiger partial charge in [-0.2, -0.15) is 0 Å². The Hall–Kier alpha value is -4.25. The molecule has 2 aliphatic heterocycles. The lowest BCUT2D eigenvalue weighted by molar-refractivity contribution is 0.0224. The molecule has 0 amide bonds. The molecule has 0 aromatic heterocycles. The first-order chi connectivity index (χ1) is 20.0. The molecule has 0 radical (unpaired) electrons. The molecule has 0 saturated carbocycles. The quantitative estimate of drug-likeness (QED) is 0.212. The minimum atomic E-state index is -1.07. The minimum absolute atomic E-state index is 0.320. The van der Waals surface area contributed by atoms with Crippen LogP contribution in [0.1, 0.15) is 77.7 Å². The van der Waals surface area contributed by atoms with Crippen LogP contribution in [0, 0.1) is 13.8 Å². The molecule has 6 rings (SSSR count). The number of carbonyl (C=O) groups is 1. The number of hydrogen-bond acceptors (Lipinski definition) is 5. The van der Waals surface area contributed by atoms with E-state index in [-0.39, 0.29) is 5.97 Å².